The molecule has 1 heterocycles. The second-order valence-corrected chi connectivity index (χ2v) is 8.23. The van der Waals surface area contributed by atoms with E-state index in [4.69, 9.17) is 0 Å². The molecule has 0 spiro atoms. The smallest absolute Gasteiger partial charge is 0.311 e. The molecule has 28 heavy (non-hydrogen) atoms. The van der Waals surface area contributed by atoms with Crippen molar-refractivity contribution in [2.24, 2.45) is 11.3 Å². The minimum atomic E-state index is -0.854. The number of phenols is 1. The van der Waals surface area contributed by atoms with Gasteiger partial charge < -0.3 is 15.1 Å². The number of benzene rings is 2. The average molecular weight is 379 g/mol. The number of amides is 1. The third-order valence-electron chi connectivity index (χ3n) is 6.63. The molecule has 1 saturated heterocycles. The molecule has 0 bridgehead atoms. The third kappa shape index (κ3) is 3.05. The number of carboxylic acids is 1. The lowest BCUT2D eigenvalue weighted by molar-refractivity contribution is -0.152. The number of fused-ring (bicyclic) bond motifs is 1. The van der Waals surface area contributed by atoms with Gasteiger partial charge >= 0.3 is 5.97 Å². The zero-order valence-corrected chi connectivity index (χ0v) is 16.0. The summed E-state index contributed by atoms with van der Waals surface area (Å²) in [5, 5.41) is 19.7. The molecule has 3 atom stereocenters. The molecule has 5 nitrogen and oxygen atoms in total. The molecule has 1 aliphatic carbocycles. The van der Waals surface area contributed by atoms with E-state index in [0.717, 1.165) is 12.8 Å². The van der Waals surface area contributed by atoms with E-state index in [9.17, 15) is 19.8 Å². The van der Waals surface area contributed by atoms with Crippen molar-refractivity contribution < 1.29 is 19.8 Å². The Morgan fingerprint density at radius 2 is 1.89 bits per heavy atom. The summed E-state index contributed by atoms with van der Waals surface area (Å²) in [4.78, 5) is 26.9. The topological polar surface area (TPSA) is 77.8 Å². The maximum Gasteiger partial charge on any atom is 0.311 e. The summed E-state index contributed by atoms with van der Waals surface area (Å²) >= 11 is 0. The zero-order chi connectivity index (χ0) is 19.9. The van der Waals surface area contributed by atoms with Crippen molar-refractivity contribution in [3.05, 3.63) is 65.2 Å². The molecule has 1 aliphatic heterocycles. The quantitative estimate of drug-likeness (QED) is 0.850. The predicted molar refractivity (Wildman–Crippen MR) is 105 cm³/mol. The van der Waals surface area contributed by atoms with Crippen LogP contribution in [0.5, 0.6) is 5.75 Å². The van der Waals surface area contributed by atoms with E-state index in [1.807, 2.05) is 18.2 Å². The molecular weight excluding hydrogens is 354 g/mol. The summed E-state index contributed by atoms with van der Waals surface area (Å²) in [6, 6.07) is 15.0. The number of hydrogen-bond donors (Lipinski definition) is 2. The van der Waals surface area contributed by atoms with Crippen molar-refractivity contribution in [1.29, 1.82) is 0 Å². The Kier molecular flexibility index (Phi) is 4.61. The number of aryl methyl sites for hydroxylation is 1. The molecule has 2 aliphatic rings. The maximum atomic E-state index is 13.0. The van der Waals surface area contributed by atoms with Crippen molar-refractivity contribution in [2.75, 3.05) is 13.1 Å². The molecule has 146 valence electrons. The zero-order valence-electron chi connectivity index (χ0n) is 16.0. The first-order chi connectivity index (χ1) is 13.4. The Hall–Kier alpha value is -2.82. The summed E-state index contributed by atoms with van der Waals surface area (Å²) < 4.78 is 0. The highest BCUT2D eigenvalue weighted by atomic mass is 16.4. The molecule has 5 heteroatoms. The Morgan fingerprint density at radius 1 is 1.14 bits per heavy atom. The maximum absolute atomic E-state index is 13.0. The summed E-state index contributed by atoms with van der Waals surface area (Å²) in [6.45, 7) is 2.47. The van der Waals surface area contributed by atoms with Gasteiger partial charge in [0.1, 0.15) is 5.75 Å². The standard InChI is InChI=1S/C23H25NO4/c1-15-11-18(7-8-20(15)25)21(26)24-13-19-12-17(16-5-3-2-4-6-16)9-10-23(19,14-24)22(27)28/h2-8,11,17,19,25H,9-10,12-14H2,1H3,(H,27,28)/t17-,19-,23-/m0/s1. The van der Waals surface area contributed by atoms with Gasteiger partial charge in [-0.15, -0.1) is 0 Å². The van der Waals surface area contributed by atoms with Gasteiger partial charge in [0, 0.05) is 18.7 Å². The van der Waals surface area contributed by atoms with Gasteiger partial charge in [-0.2, -0.15) is 0 Å². The molecule has 0 unspecified atom stereocenters. The van der Waals surface area contributed by atoms with Crippen molar-refractivity contribution in [1.82, 2.24) is 4.90 Å². The van der Waals surface area contributed by atoms with Crippen LogP contribution in [0.4, 0.5) is 0 Å². The lowest BCUT2D eigenvalue weighted by Gasteiger charge is -2.38. The predicted octanol–water partition coefficient (Wildman–Crippen LogP) is 3.81. The number of nitrogens with zero attached hydrogens (tertiary/aromatic N) is 1. The van der Waals surface area contributed by atoms with Gasteiger partial charge in [0.25, 0.3) is 5.91 Å². The summed E-state index contributed by atoms with van der Waals surface area (Å²) in [5.41, 5.74) is 1.53. The van der Waals surface area contributed by atoms with Crippen LogP contribution in [0, 0.1) is 18.3 Å². The van der Waals surface area contributed by atoms with Crippen molar-refractivity contribution in [3.8, 4) is 5.75 Å². The first-order valence-corrected chi connectivity index (χ1v) is 9.78. The number of aromatic hydroxyl groups is 1. The van der Waals surface area contributed by atoms with Crippen LogP contribution in [0.3, 0.4) is 0 Å². The van der Waals surface area contributed by atoms with Gasteiger partial charge in [-0.25, -0.2) is 0 Å². The van der Waals surface area contributed by atoms with E-state index in [-0.39, 0.29) is 24.1 Å². The molecule has 0 radical (unpaired) electrons. The van der Waals surface area contributed by atoms with Crippen LogP contribution in [0.25, 0.3) is 0 Å². The van der Waals surface area contributed by atoms with Crippen LogP contribution in [0.2, 0.25) is 0 Å². The molecule has 1 amide bonds. The van der Waals surface area contributed by atoms with E-state index < -0.39 is 11.4 Å². The number of phenolic OH excluding ortho intramolecular Hbond substituents is 1. The Labute approximate surface area is 164 Å². The number of carboxylic acid groups (broad SMARTS) is 1. The van der Waals surface area contributed by atoms with Crippen LogP contribution < -0.4 is 0 Å². The summed E-state index contributed by atoms with van der Waals surface area (Å²) in [6.07, 6.45) is 2.20. The lowest BCUT2D eigenvalue weighted by atomic mass is 9.64. The van der Waals surface area contributed by atoms with Crippen LogP contribution in [-0.2, 0) is 4.79 Å². The van der Waals surface area contributed by atoms with E-state index >= 15 is 0 Å². The largest absolute Gasteiger partial charge is 0.508 e. The van der Waals surface area contributed by atoms with E-state index in [2.05, 4.69) is 12.1 Å². The van der Waals surface area contributed by atoms with Gasteiger partial charge in [0.05, 0.1) is 5.41 Å². The molecule has 0 aromatic heterocycles. The van der Waals surface area contributed by atoms with E-state index in [0.29, 0.717) is 30.0 Å². The van der Waals surface area contributed by atoms with Crippen LogP contribution in [-0.4, -0.2) is 40.1 Å². The van der Waals surface area contributed by atoms with Crippen molar-refractivity contribution >= 4 is 11.9 Å². The third-order valence-corrected chi connectivity index (χ3v) is 6.63. The fraction of sp³-hybridized carbons (Fsp3) is 0.391. The molecule has 1 saturated carbocycles. The van der Waals surface area contributed by atoms with E-state index in [1.165, 1.54) is 11.6 Å². The number of likely N-dealkylation sites (tertiary alicyclic amines) is 1. The van der Waals surface area contributed by atoms with Crippen LogP contribution >= 0.6 is 0 Å². The van der Waals surface area contributed by atoms with Gasteiger partial charge in [0.15, 0.2) is 0 Å². The second kappa shape index (κ2) is 6.97. The minimum Gasteiger partial charge on any atom is -0.508 e. The fourth-order valence-corrected chi connectivity index (χ4v) is 4.95. The number of hydrogen-bond acceptors (Lipinski definition) is 3. The monoisotopic (exact) mass is 379 g/mol. The number of carbonyl (C=O) groups is 2. The fourth-order valence-electron chi connectivity index (χ4n) is 4.95. The molecule has 2 aromatic carbocycles. The normalized spacial score (nSPS) is 26.7. The second-order valence-electron chi connectivity index (χ2n) is 8.23. The average Bonchev–Trinajstić information content (AvgIpc) is 3.10. The molecule has 2 aromatic rings. The summed E-state index contributed by atoms with van der Waals surface area (Å²) in [7, 11) is 0. The highest BCUT2D eigenvalue weighted by Gasteiger charge is 2.55. The van der Waals surface area contributed by atoms with Crippen molar-refractivity contribution in [2.45, 2.75) is 32.1 Å². The minimum absolute atomic E-state index is 0.0499. The number of rotatable bonds is 3. The van der Waals surface area contributed by atoms with Gasteiger partial charge in [-0.3, -0.25) is 9.59 Å². The molecule has 4 rings (SSSR count). The lowest BCUT2D eigenvalue weighted by Crippen LogP contribution is -2.43. The van der Waals surface area contributed by atoms with Crippen LogP contribution in [0.1, 0.15) is 46.7 Å². The number of aliphatic carboxylic acids is 1. The summed E-state index contributed by atoms with van der Waals surface area (Å²) in [5.74, 6) is -0.509. The van der Waals surface area contributed by atoms with Gasteiger partial charge in [0.2, 0.25) is 0 Å². The molecule has 2 fully saturated rings. The van der Waals surface area contributed by atoms with Crippen LogP contribution in [0.15, 0.2) is 48.5 Å². The van der Waals surface area contributed by atoms with E-state index in [1.54, 1.807) is 24.0 Å². The molecule has 2 N–H and O–H groups in total. The Bertz CT molecular complexity index is 910. The Balaban J connectivity index is 1.58. The number of carbonyl (C=O) groups excluding carboxylic acids is 1. The highest BCUT2D eigenvalue weighted by molar-refractivity contribution is 5.95. The molecular formula is C23H25NO4. The van der Waals surface area contributed by atoms with Gasteiger partial charge in [-0.05, 0) is 67.3 Å². The highest BCUT2D eigenvalue weighted by Crippen LogP contribution is 2.51. The first kappa shape index (κ1) is 18.5. The first-order valence-electron chi connectivity index (χ1n) is 9.78. The van der Waals surface area contributed by atoms with Gasteiger partial charge in [-0.1, -0.05) is 30.3 Å². The Morgan fingerprint density at radius 3 is 2.57 bits per heavy atom. The van der Waals surface area contributed by atoms with Crippen molar-refractivity contribution in [3.63, 3.8) is 0 Å². The SMILES string of the molecule is Cc1cc(C(=O)N2C[C@@H]3C[C@@H](c4ccccc4)CC[C@]3(C(=O)O)C2)ccc1O.